The lowest BCUT2D eigenvalue weighted by molar-refractivity contribution is -0.140. The van der Waals surface area contributed by atoms with E-state index in [9.17, 15) is 4.79 Å². The fourth-order valence-corrected chi connectivity index (χ4v) is 3.32. The van der Waals surface area contributed by atoms with Gasteiger partial charge in [-0.3, -0.25) is 4.79 Å². The topological polar surface area (TPSA) is 66.6 Å². The fraction of sp³-hybridized carbons (Fsp3) is 0.929. The third-order valence-corrected chi connectivity index (χ3v) is 4.86. The van der Waals surface area contributed by atoms with Crippen LogP contribution in [0.5, 0.6) is 0 Å². The number of piperidine rings is 1. The molecule has 1 aliphatic carbocycles. The lowest BCUT2D eigenvalue weighted by atomic mass is 9.76. The van der Waals surface area contributed by atoms with Gasteiger partial charge in [-0.05, 0) is 37.5 Å². The quantitative estimate of drug-likeness (QED) is 0.772. The molecule has 1 saturated carbocycles. The number of rotatable bonds is 2. The summed E-state index contributed by atoms with van der Waals surface area (Å²) in [5, 5.41) is 9.12. The molecule has 1 amide bonds. The maximum atomic E-state index is 12.5. The van der Waals surface area contributed by atoms with E-state index < -0.39 is 0 Å². The fourth-order valence-electron chi connectivity index (χ4n) is 3.32. The molecule has 0 aromatic heterocycles. The van der Waals surface area contributed by atoms with Crippen LogP contribution in [0.3, 0.4) is 0 Å². The monoisotopic (exact) mass is 254 g/mol. The van der Waals surface area contributed by atoms with Crippen LogP contribution in [0.15, 0.2) is 0 Å². The van der Waals surface area contributed by atoms with Gasteiger partial charge in [-0.2, -0.15) is 0 Å². The van der Waals surface area contributed by atoms with E-state index in [1.54, 1.807) is 0 Å². The largest absolute Gasteiger partial charge is 0.396 e. The maximum absolute atomic E-state index is 12.5. The average molecular weight is 254 g/mol. The molecule has 3 N–H and O–H groups in total. The molecule has 2 fully saturated rings. The van der Waals surface area contributed by atoms with Crippen molar-refractivity contribution < 1.29 is 9.90 Å². The molecule has 0 bridgehead atoms. The molecule has 0 radical (unpaired) electrons. The Balaban J connectivity index is 1.91. The van der Waals surface area contributed by atoms with Crippen molar-refractivity contribution in [3.05, 3.63) is 0 Å². The van der Waals surface area contributed by atoms with Gasteiger partial charge in [0.1, 0.15) is 0 Å². The Labute approximate surface area is 110 Å². The van der Waals surface area contributed by atoms with Crippen molar-refractivity contribution >= 4 is 5.91 Å². The molecule has 4 heteroatoms. The Morgan fingerprint density at radius 2 is 1.94 bits per heavy atom. The van der Waals surface area contributed by atoms with Gasteiger partial charge in [-0.15, -0.1) is 0 Å². The minimum atomic E-state index is 0.124. The van der Waals surface area contributed by atoms with Gasteiger partial charge < -0.3 is 15.7 Å². The standard InChI is InChI=1S/C14H26N2O2/c1-10-12(3-2-4-13(10)15)14(18)16-7-5-11(9-17)6-8-16/h10-13,17H,2-9,15H2,1H3. The van der Waals surface area contributed by atoms with Gasteiger partial charge >= 0.3 is 0 Å². The lowest BCUT2D eigenvalue weighted by Gasteiger charge is -2.38. The van der Waals surface area contributed by atoms with Gasteiger partial charge in [0.2, 0.25) is 5.91 Å². The Morgan fingerprint density at radius 1 is 1.28 bits per heavy atom. The van der Waals surface area contributed by atoms with Crippen molar-refractivity contribution in [2.45, 2.75) is 45.1 Å². The zero-order valence-electron chi connectivity index (χ0n) is 11.3. The highest BCUT2D eigenvalue weighted by molar-refractivity contribution is 5.79. The number of nitrogens with zero attached hydrogens (tertiary/aromatic N) is 1. The normalized spacial score (nSPS) is 34.6. The zero-order valence-corrected chi connectivity index (χ0v) is 11.3. The van der Waals surface area contributed by atoms with Gasteiger partial charge in [0.15, 0.2) is 0 Å². The van der Waals surface area contributed by atoms with Crippen molar-refractivity contribution in [3.8, 4) is 0 Å². The van der Waals surface area contributed by atoms with E-state index in [1.807, 2.05) is 4.90 Å². The van der Waals surface area contributed by atoms with E-state index >= 15 is 0 Å². The number of hydrogen-bond acceptors (Lipinski definition) is 3. The number of nitrogens with two attached hydrogens (primary N) is 1. The number of carbonyl (C=O) groups excluding carboxylic acids is 1. The Kier molecular flexibility index (Phi) is 4.62. The molecule has 1 saturated heterocycles. The average Bonchev–Trinajstić information content (AvgIpc) is 2.41. The highest BCUT2D eigenvalue weighted by Crippen LogP contribution is 2.31. The maximum Gasteiger partial charge on any atom is 0.226 e. The SMILES string of the molecule is CC1C(N)CCCC1C(=O)N1CCC(CO)CC1. The van der Waals surface area contributed by atoms with E-state index in [-0.39, 0.29) is 18.6 Å². The van der Waals surface area contributed by atoms with E-state index in [1.165, 1.54) is 0 Å². The van der Waals surface area contributed by atoms with Crippen LogP contribution in [0.2, 0.25) is 0 Å². The second kappa shape index (κ2) is 6.02. The minimum Gasteiger partial charge on any atom is -0.396 e. The molecule has 2 aliphatic rings. The van der Waals surface area contributed by atoms with Gasteiger partial charge in [-0.1, -0.05) is 13.3 Å². The number of likely N-dealkylation sites (tertiary alicyclic amines) is 1. The van der Waals surface area contributed by atoms with Gasteiger partial charge in [0.25, 0.3) is 0 Å². The molecule has 0 aromatic carbocycles. The van der Waals surface area contributed by atoms with Gasteiger partial charge in [0.05, 0.1) is 0 Å². The number of aliphatic hydroxyl groups excluding tert-OH is 1. The van der Waals surface area contributed by atoms with Crippen LogP contribution in [0, 0.1) is 17.8 Å². The number of amides is 1. The van der Waals surface area contributed by atoms with Crippen LogP contribution >= 0.6 is 0 Å². The van der Waals surface area contributed by atoms with E-state index in [0.717, 1.165) is 45.2 Å². The summed E-state index contributed by atoms with van der Waals surface area (Å²) in [4.78, 5) is 14.5. The van der Waals surface area contributed by atoms with E-state index in [2.05, 4.69) is 6.92 Å². The first-order chi connectivity index (χ1) is 8.63. The summed E-state index contributed by atoms with van der Waals surface area (Å²) >= 11 is 0. The zero-order chi connectivity index (χ0) is 13.1. The van der Waals surface area contributed by atoms with Crippen molar-refractivity contribution in [1.82, 2.24) is 4.90 Å². The molecule has 104 valence electrons. The summed E-state index contributed by atoms with van der Waals surface area (Å²) in [7, 11) is 0. The number of carbonyl (C=O) groups is 1. The van der Waals surface area contributed by atoms with Gasteiger partial charge in [0, 0.05) is 31.7 Å². The molecule has 4 nitrogen and oxygen atoms in total. The summed E-state index contributed by atoms with van der Waals surface area (Å²) in [5.74, 6) is 1.12. The summed E-state index contributed by atoms with van der Waals surface area (Å²) in [6.45, 7) is 3.99. The molecule has 0 spiro atoms. The van der Waals surface area contributed by atoms with Crippen molar-refractivity contribution in [3.63, 3.8) is 0 Å². The van der Waals surface area contributed by atoms with Crippen molar-refractivity contribution in [2.24, 2.45) is 23.5 Å². The molecule has 1 aliphatic heterocycles. The van der Waals surface area contributed by atoms with Crippen LogP contribution < -0.4 is 5.73 Å². The van der Waals surface area contributed by atoms with Crippen LogP contribution in [0.25, 0.3) is 0 Å². The predicted molar refractivity (Wildman–Crippen MR) is 70.9 cm³/mol. The molecule has 18 heavy (non-hydrogen) atoms. The van der Waals surface area contributed by atoms with Crippen LogP contribution in [-0.4, -0.2) is 41.7 Å². The van der Waals surface area contributed by atoms with Crippen molar-refractivity contribution in [1.29, 1.82) is 0 Å². The molecule has 3 atom stereocenters. The minimum absolute atomic E-state index is 0.124. The predicted octanol–water partition coefficient (Wildman–Crippen LogP) is 0.981. The second-order valence-corrected chi connectivity index (χ2v) is 6.01. The highest BCUT2D eigenvalue weighted by atomic mass is 16.3. The van der Waals surface area contributed by atoms with Crippen LogP contribution in [-0.2, 0) is 4.79 Å². The summed E-state index contributed by atoms with van der Waals surface area (Å²) in [6, 6.07) is 0.183. The lowest BCUT2D eigenvalue weighted by Crippen LogP contribution is -2.48. The van der Waals surface area contributed by atoms with Crippen LogP contribution in [0.1, 0.15) is 39.0 Å². The van der Waals surface area contributed by atoms with Crippen LogP contribution in [0.4, 0.5) is 0 Å². The molecule has 3 unspecified atom stereocenters. The van der Waals surface area contributed by atoms with Crippen molar-refractivity contribution in [2.75, 3.05) is 19.7 Å². The Hall–Kier alpha value is -0.610. The number of hydrogen-bond donors (Lipinski definition) is 2. The molecular weight excluding hydrogens is 228 g/mol. The third kappa shape index (κ3) is 2.86. The summed E-state index contributed by atoms with van der Waals surface area (Å²) in [6.07, 6.45) is 5.00. The molecule has 1 heterocycles. The first-order valence-corrected chi connectivity index (χ1v) is 7.28. The third-order valence-electron chi connectivity index (χ3n) is 4.86. The van der Waals surface area contributed by atoms with Gasteiger partial charge in [-0.25, -0.2) is 0 Å². The summed E-state index contributed by atoms with van der Waals surface area (Å²) < 4.78 is 0. The smallest absolute Gasteiger partial charge is 0.226 e. The Bertz CT molecular complexity index is 288. The second-order valence-electron chi connectivity index (χ2n) is 6.01. The number of aliphatic hydroxyl groups is 1. The highest BCUT2D eigenvalue weighted by Gasteiger charge is 2.35. The summed E-state index contributed by atoms with van der Waals surface area (Å²) in [5.41, 5.74) is 6.08. The first kappa shape index (κ1) is 13.8. The first-order valence-electron chi connectivity index (χ1n) is 7.28. The molecular formula is C14H26N2O2. The Morgan fingerprint density at radius 3 is 2.56 bits per heavy atom. The molecule has 0 aromatic rings. The van der Waals surface area contributed by atoms with E-state index in [4.69, 9.17) is 10.8 Å². The molecule has 2 rings (SSSR count). The van der Waals surface area contributed by atoms with E-state index in [0.29, 0.717) is 17.7 Å².